The van der Waals surface area contributed by atoms with E-state index in [4.69, 9.17) is 4.74 Å². The van der Waals surface area contributed by atoms with Gasteiger partial charge in [0, 0.05) is 60.5 Å². The number of pyridine rings is 1. The van der Waals surface area contributed by atoms with Crippen LogP contribution in [0.25, 0.3) is 33.2 Å². The average molecular weight is 457 g/mol. The third-order valence-electron chi connectivity index (χ3n) is 8.15. The van der Waals surface area contributed by atoms with Gasteiger partial charge in [-0.1, -0.05) is 19.9 Å². The van der Waals surface area contributed by atoms with Crippen LogP contribution < -0.4 is 0 Å². The van der Waals surface area contributed by atoms with Crippen molar-refractivity contribution in [2.45, 2.75) is 57.4 Å². The molecule has 34 heavy (non-hydrogen) atoms. The molecule has 5 nitrogen and oxygen atoms in total. The van der Waals surface area contributed by atoms with E-state index < -0.39 is 0 Å². The van der Waals surface area contributed by atoms with E-state index in [2.05, 4.69) is 70.8 Å². The molecule has 0 spiro atoms. The fourth-order valence-corrected chi connectivity index (χ4v) is 6.36. The molecule has 0 atom stereocenters. The number of fused-ring (bicyclic) bond motifs is 2. The Hall–Kier alpha value is -2.63. The number of benzene rings is 1. The maximum absolute atomic E-state index is 5.58. The van der Waals surface area contributed by atoms with E-state index in [1.807, 2.05) is 12.3 Å². The van der Waals surface area contributed by atoms with Crippen LogP contribution in [0.3, 0.4) is 0 Å². The van der Waals surface area contributed by atoms with Crippen molar-refractivity contribution in [2.75, 3.05) is 26.3 Å². The molecule has 3 aromatic heterocycles. The summed E-state index contributed by atoms with van der Waals surface area (Å²) in [5.74, 6) is 1.09. The molecule has 6 rings (SSSR count). The van der Waals surface area contributed by atoms with Gasteiger partial charge < -0.3 is 19.2 Å². The summed E-state index contributed by atoms with van der Waals surface area (Å²) in [6.45, 7) is 8.92. The van der Waals surface area contributed by atoms with Crippen LogP contribution in [0, 0.1) is 0 Å². The van der Waals surface area contributed by atoms with Gasteiger partial charge in [0.25, 0.3) is 0 Å². The van der Waals surface area contributed by atoms with Gasteiger partial charge in [-0.2, -0.15) is 0 Å². The first-order valence-corrected chi connectivity index (χ1v) is 13.0. The van der Waals surface area contributed by atoms with E-state index in [1.54, 1.807) is 0 Å². The number of aromatic amines is 1. The van der Waals surface area contributed by atoms with Crippen LogP contribution >= 0.6 is 0 Å². The predicted octanol–water partition coefficient (Wildman–Crippen LogP) is 6.20. The Balaban J connectivity index is 1.33. The molecule has 2 saturated heterocycles. The number of piperidine rings is 1. The highest BCUT2D eigenvalue weighted by atomic mass is 16.5. The van der Waals surface area contributed by atoms with E-state index in [9.17, 15) is 0 Å². The summed E-state index contributed by atoms with van der Waals surface area (Å²) in [7, 11) is 2.08. The van der Waals surface area contributed by atoms with Crippen molar-refractivity contribution in [3.05, 3.63) is 53.9 Å². The lowest BCUT2D eigenvalue weighted by Gasteiger charge is -2.39. The highest BCUT2D eigenvalue weighted by Gasteiger charge is 2.28. The fraction of sp³-hybridized carbons (Fsp3) is 0.483. The number of hydrogen-bond donors (Lipinski definition) is 1. The third-order valence-corrected chi connectivity index (χ3v) is 8.15. The lowest BCUT2D eigenvalue weighted by molar-refractivity contribution is 0.0252. The number of ether oxygens (including phenoxy) is 1. The fourth-order valence-electron chi connectivity index (χ4n) is 6.36. The van der Waals surface area contributed by atoms with Gasteiger partial charge in [-0.15, -0.1) is 0 Å². The van der Waals surface area contributed by atoms with E-state index in [-0.39, 0.29) is 0 Å². The van der Waals surface area contributed by atoms with Crippen LogP contribution in [0.5, 0.6) is 0 Å². The van der Waals surface area contributed by atoms with Crippen LogP contribution in [-0.2, 0) is 11.8 Å². The van der Waals surface area contributed by atoms with Crippen LogP contribution in [0.1, 0.15) is 62.5 Å². The van der Waals surface area contributed by atoms with E-state index in [0.717, 1.165) is 24.9 Å². The minimum absolute atomic E-state index is 0.432. The maximum Gasteiger partial charge on any atom is 0.140 e. The summed E-state index contributed by atoms with van der Waals surface area (Å²) in [6.07, 6.45) is 9.01. The smallest absolute Gasteiger partial charge is 0.140 e. The number of likely N-dealkylation sites (tertiary alicyclic amines) is 1. The zero-order valence-electron chi connectivity index (χ0n) is 20.7. The Bertz CT molecular complexity index is 1300. The van der Waals surface area contributed by atoms with Crippen LogP contribution in [0.2, 0.25) is 0 Å². The molecule has 178 valence electrons. The summed E-state index contributed by atoms with van der Waals surface area (Å²) in [5.41, 5.74) is 7.69. The quantitative estimate of drug-likeness (QED) is 0.397. The predicted molar refractivity (Wildman–Crippen MR) is 139 cm³/mol. The molecule has 1 N–H and O–H groups in total. The SMILES string of the molecule is CC(C)c1c(-c2cn(C)c3ncccc23)[nH]c2ccc(C3CCN(C4CCOCC4)CC3)cc12. The molecule has 0 radical (unpaired) electrons. The van der Waals surface area contributed by atoms with Crippen molar-refractivity contribution in [3.8, 4) is 11.3 Å². The summed E-state index contributed by atoms with van der Waals surface area (Å²) in [5, 5.41) is 2.59. The van der Waals surface area contributed by atoms with Gasteiger partial charge in [0.15, 0.2) is 0 Å². The Labute approximate surface area is 202 Å². The molecule has 0 unspecified atom stereocenters. The number of aryl methyl sites for hydroxylation is 1. The van der Waals surface area contributed by atoms with E-state index in [1.165, 1.54) is 77.4 Å². The second kappa shape index (κ2) is 8.86. The van der Waals surface area contributed by atoms with Gasteiger partial charge in [-0.05, 0) is 86.0 Å². The molecule has 0 bridgehead atoms. The van der Waals surface area contributed by atoms with Crippen molar-refractivity contribution in [2.24, 2.45) is 7.05 Å². The first-order valence-electron chi connectivity index (χ1n) is 13.0. The van der Waals surface area contributed by atoms with Gasteiger partial charge in [0.05, 0.1) is 5.69 Å². The van der Waals surface area contributed by atoms with Crippen LogP contribution in [0.15, 0.2) is 42.7 Å². The first-order chi connectivity index (χ1) is 16.6. The number of H-pyrrole nitrogens is 1. The highest BCUT2D eigenvalue weighted by molar-refractivity contribution is 5.99. The van der Waals surface area contributed by atoms with Crippen molar-refractivity contribution in [1.82, 2.24) is 19.4 Å². The largest absolute Gasteiger partial charge is 0.381 e. The van der Waals surface area contributed by atoms with E-state index in [0.29, 0.717) is 11.8 Å². The zero-order chi connectivity index (χ0) is 23.2. The van der Waals surface area contributed by atoms with Crippen molar-refractivity contribution in [1.29, 1.82) is 0 Å². The molecule has 4 aromatic rings. The number of aromatic nitrogens is 3. The highest BCUT2D eigenvalue weighted by Crippen LogP contribution is 2.40. The summed E-state index contributed by atoms with van der Waals surface area (Å²) >= 11 is 0. The molecule has 2 aliphatic heterocycles. The minimum atomic E-state index is 0.432. The van der Waals surface area contributed by atoms with Crippen LogP contribution in [-0.4, -0.2) is 51.8 Å². The van der Waals surface area contributed by atoms with E-state index >= 15 is 0 Å². The number of rotatable bonds is 4. The minimum Gasteiger partial charge on any atom is -0.381 e. The van der Waals surface area contributed by atoms with Crippen molar-refractivity contribution < 1.29 is 4.74 Å². The van der Waals surface area contributed by atoms with Gasteiger partial charge in [0.1, 0.15) is 5.65 Å². The van der Waals surface area contributed by atoms with Gasteiger partial charge >= 0.3 is 0 Å². The standard InChI is InChI=1S/C29H36N4O/c1-19(2)27-24-17-21(20-8-13-33(14-9-20)22-10-15-34-16-11-22)6-7-26(24)31-28(27)25-18-32(3)29-23(25)5-4-12-30-29/h4-7,12,17-20,22,31H,8-11,13-16H2,1-3H3. The number of nitrogens with zero attached hydrogens (tertiary/aromatic N) is 3. The van der Waals surface area contributed by atoms with Crippen molar-refractivity contribution in [3.63, 3.8) is 0 Å². The van der Waals surface area contributed by atoms with Crippen LogP contribution in [0.4, 0.5) is 0 Å². The summed E-state index contributed by atoms with van der Waals surface area (Å²) in [4.78, 5) is 11.1. The lowest BCUT2D eigenvalue weighted by atomic mass is 9.86. The lowest BCUT2D eigenvalue weighted by Crippen LogP contribution is -2.43. The molecule has 5 heteroatoms. The summed E-state index contributed by atoms with van der Waals surface area (Å²) < 4.78 is 7.71. The molecule has 1 aromatic carbocycles. The maximum atomic E-state index is 5.58. The Kier molecular flexibility index (Phi) is 5.70. The topological polar surface area (TPSA) is 46.1 Å². The zero-order valence-corrected chi connectivity index (χ0v) is 20.7. The second-order valence-electron chi connectivity index (χ2n) is 10.6. The Morgan fingerprint density at radius 3 is 2.59 bits per heavy atom. The molecule has 0 saturated carbocycles. The summed E-state index contributed by atoms with van der Waals surface area (Å²) in [6, 6.07) is 12.1. The Morgan fingerprint density at radius 2 is 1.82 bits per heavy atom. The number of hydrogen-bond acceptors (Lipinski definition) is 3. The average Bonchev–Trinajstić information content (AvgIpc) is 3.42. The monoisotopic (exact) mass is 456 g/mol. The molecule has 5 heterocycles. The molecule has 2 aliphatic rings. The normalized spacial score (nSPS) is 19.1. The molecular weight excluding hydrogens is 420 g/mol. The van der Waals surface area contributed by atoms with Gasteiger partial charge in [0.2, 0.25) is 0 Å². The number of nitrogens with one attached hydrogen (secondary N) is 1. The molecule has 0 amide bonds. The molecule has 2 fully saturated rings. The van der Waals surface area contributed by atoms with Gasteiger partial charge in [-0.3, -0.25) is 0 Å². The van der Waals surface area contributed by atoms with Gasteiger partial charge in [-0.25, -0.2) is 4.98 Å². The third kappa shape index (κ3) is 3.75. The first kappa shape index (κ1) is 21.9. The molecule has 0 aliphatic carbocycles. The Morgan fingerprint density at radius 1 is 1.03 bits per heavy atom. The van der Waals surface area contributed by atoms with Crippen molar-refractivity contribution >= 4 is 21.9 Å². The molecular formula is C29H36N4O. The second-order valence-corrected chi connectivity index (χ2v) is 10.6.